The number of anilines is 1. The highest BCUT2D eigenvalue weighted by atomic mass is 16.5. The molecule has 3 aliphatic heterocycles. The number of esters is 1. The second-order valence-corrected chi connectivity index (χ2v) is 8.30. The Hall–Kier alpha value is -2.78. The van der Waals surface area contributed by atoms with Gasteiger partial charge in [-0.15, -0.1) is 0 Å². The molecule has 1 atom stereocenters. The molecule has 0 radical (unpaired) electrons. The Bertz CT molecular complexity index is 872. The predicted octanol–water partition coefficient (Wildman–Crippen LogP) is 1.07. The molecular formula is C23H29N3O6. The highest BCUT2D eigenvalue weighted by Gasteiger charge is 2.44. The van der Waals surface area contributed by atoms with E-state index in [2.05, 4.69) is 0 Å². The minimum Gasteiger partial charge on any atom is -0.462 e. The summed E-state index contributed by atoms with van der Waals surface area (Å²) in [5, 5.41) is 0. The van der Waals surface area contributed by atoms with Gasteiger partial charge in [0.15, 0.2) is 0 Å². The number of morpholine rings is 1. The number of carbonyl (C=O) groups excluding carboxylic acids is 4. The van der Waals surface area contributed by atoms with Crippen LogP contribution in [-0.4, -0.2) is 85.5 Å². The lowest BCUT2D eigenvalue weighted by molar-refractivity contribution is -0.141. The summed E-state index contributed by atoms with van der Waals surface area (Å²) in [6.45, 7) is 5.67. The number of amides is 3. The van der Waals surface area contributed by atoms with Gasteiger partial charge in [0.25, 0.3) is 5.91 Å². The van der Waals surface area contributed by atoms with E-state index < -0.39 is 12.0 Å². The molecule has 4 rings (SSSR count). The molecule has 3 fully saturated rings. The van der Waals surface area contributed by atoms with Crippen molar-refractivity contribution in [2.24, 2.45) is 5.92 Å². The van der Waals surface area contributed by atoms with Crippen molar-refractivity contribution in [3.63, 3.8) is 0 Å². The molecule has 3 saturated heterocycles. The lowest BCUT2D eigenvalue weighted by atomic mass is 9.94. The molecule has 0 spiro atoms. The number of likely N-dealkylation sites (tertiary alicyclic amines) is 1. The maximum Gasteiger partial charge on any atom is 0.338 e. The number of nitrogens with zero attached hydrogens (tertiary/aromatic N) is 3. The van der Waals surface area contributed by atoms with Crippen molar-refractivity contribution in [2.45, 2.75) is 32.2 Å². The predicted molar refractivity (Wildman–Crippen MR) is 115 cm³/mol. The van der Waals surface area contributed by atoms with Gasteiger partial charge in [0.2, 0.25) is 11.8 Å². The molecule has 9 nitrogen and oxygen atoms in total. The fourth-order valence-corrected chi connectivity index (χ4v) is 4.63. The second-order valence-electron chi connectivity index (χ2n) is 8.30. The smallest absolute Gasteiger partial charge is 0.338 e. The Morgan fingerprint density at radius 2 is 1.69 bits per heavy atom. The van der Waals surface area contributed by atoms with Crippen LogP contribution >= 0.6 is 0 Å². The molecule has 0 bridgehead atoms. The molecule has 3 aliphatic rings. The third kappa shape index (κ3) is 4.54. The van der Waals surface area contributed by atoms with Gasteiger partial charge in [0, 0.05) is 19.0 Å². The van der Waals surface area contributed by atoms with Crippen molar-refractivity contribution in [1.82, 2.24) is 9.80 Å². The van der Waals surface area contributed by atoms with E-state index in [1.54, 1.807) is 31.2 Å². The summed E-state index contributed by atoms with van der Waals surface area (Å²) in [5.74, 6) is -0.814. The van der Waals surface area contributed by atoms with Gasteiger partial charge < -0.3 is 14.4 Å². The van der Waals surface area contributed by atoms with Crippen molar-refractivity contribution >= 4 is 29.4 Å². The molecule has 3 heterocycles. The Balaban J connectivity index is 1.36. The van der Waals surface area contributed by atoms with Crippen LogP contribution in [0.4, 0.5) is 5.69 Å². The van der Waals surface area contributed by atoms with E-state index in [1.165, 1.54) is 4.90 Å². The van der Waals surface area contributed by atoms with Crippen LogP contribution in [0.5, 0.6) is 0 Å². The topological polar surface area (TPSA) is 96.5 Å². The molecule has 3 amide bonds. The monoisotopic (exact) mass is 443 g/mol. The van der Waals surface area contributed by atoms with Crippen LogP contribution in [0.15, 0.2) is 24.3 Å². The first kappa shape index (κ1) is 22.4. The zero-order chi connectivity index (χ0) is 22.7. The Kier molecular flexibility index (Phi) is 6.86. The number of hydrogen-bond donors (Lipinski definition) is 0. The molecular weight excluding hydrogens is 414 g/mol. The Morgan fingerprint density at radius 1 is 1.03 bits per heavy atom. The van der Waals surface area contributed by atoms with Crippen LogP contribution in [0.25, 0.3) is 0 Å². The van der Waals surface area contributed by atoms with Crippen molar-refractivity contribution in [3.8, 4) is 0 Å². The molecule has 0 aliphatic carbocycles. The van der Waals surface area contributed by atoms with Crippen molar-refractivity contribution < 1.29 is 28.7 Å². The number of ether oxygens (including phenoxy) is 2. The maximum atomic E-state index is 13.1. The van der Waals surface area contributed by atoms with Gasteiger partial charge in [-0.1, -0.05) is 0 Å². The molecule has 0 unspecified atom stereocenters. The van der Waals surface area contributed by atoms with E-state index in [-0.39, 0.29) is 36.7 Å². The molecule has 1 aromatic rings. The van der Waals surface area contributed by atoms with Crippen molar-refractivity contribution in [2.75, 3.05) is 50.9 Å². The van der Waals surface area contributed by atoms with E-state index >= 15 is 0 Å². The summed E-state index contributed by atoms with van der Waals surface area (Å²) in [4.78, 5) is 55.4. The third-order valence-electron chi connectivity index (χ3n) is 6.40. The van der Waals surface area contributed by atoms with E-state index in [9.17, 15) is 19.2 Å². The zero-order valence-electron chi connectivity index (χ0n) is 18.3. The summed E-state index contributed by atoms with van der Waals surface area (Å²) < 4.78 is 10.3. The van der Waals surface area contributed by atoms with E-state index in [4.69, 9.17) is 9.47 Å². The molecule has 32 heavy (non-hydrogen) atoms. The van der Waals surface area contributed by atoms with Crippen molar-refractivity contribution in [1.29, 1.82) is 0 Å². The largest absolute Gasteiger partial charge is 0.462 e. The van der Waals surface area contributed by atoms with Gasteiger partial charge in [-0.05, 0) is 57.1 Å². The van der Waals surface area contributed by atoms with E-state index in [0.717, 1.165) is 0 Å². The number of carbonyl (C=O) groups is 4. The van der Waals surface area contributed by atoms with E-state index in [0.29, 0.717) is 63.5 Å². The molecule has 1 aromatic carbocycles. The Morgan fingerprint density at radius 3 is 2.31 bits per heavy atom. The maximum absolute atomic E-state index is 13.1. The van der Waals surface area contributed by atoms with Gasteiger partial charge >= 0.3 is 5.97 Å². The minimum absolute atomic E-state index is 0.0388. The molecule has 9 heteroatoms. The first-order valence-electron chi connectivity index (χ1n) is 11.2. The van der Waals surface area contributed by atoms with Crippen LogP contribution in [0.3, 0.4) is 0 Å². The molecule has 0 saturated carbocycles. The SMILES string of the molecule is CCOC(=O)c1ccc(N2C(=O)C[C@@H](N3CCC(C(=O)N4CCOCC4)CC3)C2=O)cc1. The van der Waals surface area contributed by atoms with Gasteiger partial charge in [-0.25, -0.2) is 9.69 Å². The van der Waals surface area contributed by atoms with Crippen LogP contribution in [0.2, 0.25) is 0 Å². The van der Waals surface area contributed by atoms with Gasteiger partial charge in [0.05, 0.1) is 43.5 Å². The standard InChI is InChI=1S/C23H29N3O6/c1-2-32-23(30)17-3-5-18(6-4-17)26-20(27)15-19(22(26)29)24-9-7-16(8-10-24)21(28)25-11-13-31-14-12-25/h3-6,16,19H,2,7-15H2,1H3/t19-/m1/s1. The van der Waals surface area contributed by atoms with E-state index in [1.807, 2.05) is 9.80 Å². The summed E-state index contributed by atoms with van der Waals surface area (Å²) >= 11 is 0. The summed E-state index contributed by atoms with van der Waals surface area (Å²) in [7, 11) is 0. The molecule has 0 N–H and O–H groups in total. The Labute approximate surface area is 187 Å². The van der Waals surface area contributed by atoms with Crippen LogP contribution in [0, 0.1) is 5.92 Å². The average Bonchev–Trinajstić information content (AvgIpc) is 3.13. The van der Waals surface area contributed by atoms with Crippen LogP contribution in [0.1, 0.15) is 36.5 Å². The van der Waals surface area contributed by atoms with Crippen molar-refractivity contribution in [3.05, 3.63) is 29.8 Å². The fourth-order valence-electron chi connectivity index (χ4n) is 4.63. The fraction of sp³-hybridized carbons (Fsp3) is 0.565. The van der Waals surface area contributed by atoms with Crippen LogP contribution in [-0.2, 0) is 23.9 Å². The minimum atomic E-state index is -0.508. The summed E-state index contributed by atoms with van der Waals surface area (Å²) in [6, 6.07) is 5.80. The number of piperidine rings is 1. The summed E-state index contributed by atoms with van der Waals surface area (Å²) in [5.41, 5.74) is 0.825. The molecule has 172 valence electrons. The lowest BCUT2D eigenvalue weighted by Gasteiger charge is -2.37. The van der Waals surface area contributed by atoms with Gasteiger partial charge in [0.1, 0.15) is 0 Å². The van der Waals surface area contributed by atoms with Gasteiger partial charge in [-0.3, -0.25) is 19.3 Å². The molecule has 0 aromatic heterocycles. The van der Waals surface area contributed by atoms with Gasteiger partial charge in [-0.2, -0.15) is 0 Å². The lowest BCUT2D eigenvalue weighted by Crippen LogP contribution is -2.50. The third-order valence-corrected chi connectivity index (χ3v) is 6.40. The normalized spacial score (nSPS) is 23.0. The first-order valence-corrected chi connectivity index (χ1v) is 11.2. The number of hydrogen-bond acceptors (Lipinski definition) is 7. The zero-order valence-corrected chi connectivity index (χ0v) is 18.3. The number of rotatable bonds is 5. The first-order chi connectivity index (χ1) is 15.5. The van der Waals surface area contributed by atoms with Crippen LogP contribution < -0.4 is 4.90 Å². The summed E-state index contributed by atoms with van der Waals surface area (Å²) in [6.07, 6.45) is 1.49. The number of benzene rings is 1. The highest BCUT2D eigenvalue weighted by molar-refractivity contribution is 6.22. The number of imide groups is 1. The quantitative estimate of drug-likeness (QED) is 0.496. The highest BCUT2D eigenvalue weighted by Crippen LogP contribution is 2.29. The second kappa shape index (κ2) is 9.79. The average molecular weight is 444 g/mol.